The molecule has 0 aliphatic carbocycles. The van der Waals surface area contributed by atoms with E-state index in [9.17, 15) is 4.79 Å². The molecule has 1 amide bonds. The second-order valence-corrected chi connectivity index (χ2v) is 7.65. The number of hydrogen-bond acceptors (Lipinski definition) is 4. The molecule has 1 N–H and O–H groups in total. The maximum absolute atomic E-state index is 12.2. The summed E-state index contributed by atoms with van der Waals surface area (Å²) in [4.78, 5) is 15.3. The number of likely N-dealkylation sites (tertiary alicyclic amines) is 1. The van der Waals surface area contributed by atoms with E-state index < -0.39 is 5.60 Å². The average molecular weight is 310 g/mol. The summed E-state index contributed by atoms with van der Waals surface area (Å²) in [5.74, 6) is 0. The number of nitrogens with one attached hydrogen (secondary N) is 1. The van der Waals surface area contributed by atoms with Crippen molar-refractivity contribution in [3.8, 4) is 0 Å². The lowest BCUT2D eigenvalue weighted by atomic mass is 10.0. The van der Waals surface area contributed by atoms with E-state index in [2.05, 4.69) is 29.8 Å². The van der Waals surface area contributed by atoms with Crippen LogP contribution in [-0.4, -0.2) is 35.7 Å². The molecule has 5 heteroatoms. The number of amides is 1. The lowest BCUT2D eigenvalue weighted by Gasteiger charge is -2.35. The molecule has 0 bridgehead atoms. The molecule has 1 fully saturated rings. The van der Waals surface area contributed by atoms with E-state index >= 15 is 0 Å². The van der Waals surface area contributed by atoms with Gasteiger partial charge in [0.1, 0.15) is 5.60 Å². The summed E-state index contributed by atoms with van der Waals surface area (Å²) >= 11 is 1.77. The van der Waals surface area contributed by atoms with Gasteiger partial charge in [-0.3, -0.25) is 0 Å². The molecule has 1 aromatic heterocycles. The van der Waals surface area contributed by atoms with E-state index in [1.54, 1.807) is 11.3 Å². The van der Waals surface area contributed by atoms with Gasteiger partial charge in [0, 0.05) is 30.1 Å². The Morgan fingerprint density at radius 1 is 1.52 bits per heavy atom. The Kier molecular flexibility index (Phi) is 5.27. The fourth-order valence-corrected chi connectivity index (χ4v) is 3.32. The van der Waals surface area contributed by atoms with Gasteiger partial charge in [0.15, 0.2) is 0 Å². The van der Waals surface area contributed by atoms with E-state index in [4.69, 9.17) is 4.74 Å². The first-order valence-electron chi connectivity index (χ1n) is 7.62. The van der Waals surface area contributed by atoms with Crippen LogP contribution in [0.25, 0.3) is 0 Å². The average Bonchev–Trinajstić information content (AvgIpc) is 2.91. The highest BCUT2D eigenvalue weighted by molar-refractivity contribution is 7.10. The molecule has 21 heavy (non-hydrogen) atoms. The van der Waals surface area contributed by atoms with Crippen molar-refractivity contribution in [2.45, 2.75) is 58.2 Å². The van der Waals surface area contributed by atoms with Gasteiger partial charge in [0.25, 0.3) is 0 Å². The molecule has 1 aliphatic heterocycles. The van der Waals surface area contributed by atoms with Gasteiger partial charge >= 0.3 is 6.09 Å². The van der Waals surface area contributed by atoms with Gasteiger partial charge in [-0.25, -0.2) is 4.79 Å². The third-order valence-electron chi connectivity index (χ3n) is 3.53. The largest absolute Gasteiger partial charge is 0.444 e. The van der Waals surface area contributed by atoms with E-state index in [1.807, 2.05) is 25.7 Å². The second kappa shape index (κ2) is 6.79. The van der Waals surface area contributed by atoms with E-state index in [0.29, 0.717) is 12.1 Å². The fourth-order valence-electron chi connectivity index (χ4n) is 2.58. The quantitative estimate of drug-likeness (QED) is 0.923. The molecule has 2 rings (SSSR count). The van der Waals surface area contributed by atoms with Crippen molar-refractivity contribution in [2.24, 2.45) is 0 Å². The van der Waals surface area contributed by atoms with Crippen LogP contribution in [0.1, 0.15) is 51.5 Å². The van der Waals surface area contributed by atoms with Crippen molar-refractivity contribution in [3.05, 3.63) is 22.4 Å². The number of nitrogens with zero attached hydrogens (tertiary/aromatic N) is 1. The van der Waals surface area contributed by atoms with Crippen LogP contribution in [0.5, 0.6) is 0 Å². The van der Waals surface area contributed by atoms with Crippen molar-refractivity contribution < 1.29 is 9.53 Å². The highest BCUT2D eigenvalue weighted by Gasteiger charge is 2.28. The first-order chi connectivity index (χ1) is 9.85. The smallest absolute Gasteiger partial charge is 0.410 e. The van der Waals surface area contributed by atoms with Crippen molar-refractivity contribution in [3.63, 3.8) is 0 Å². The van der Waals surface area contributed by atoms with Gasteiger partial charge in [0.2, 0.25) is 0 Å². The molecular formula is C16H26N2O2S. The second-order valence-electron chi connectivity index (χ2n) is 6.67. The van der Waals surface area contributed by atoms with Crippen molar-refractivity contribution in [2.75, 3.05) is 13.1 Å². The lowest BCUT2D eigenvalue weighted by molar-refractivity contribution is 0.0184. The molecule has 1 unspecified atom stereocenters. The van der Waals surface area contributed by atoms with E-state index in [0.717, 1.165) is 25.9 Å². The van der Waals surface area contributed by atoms with Gasteiger partial charge in [-0.1, -0.05) is 6.07 Å². The molecule has 2 heterocycles. The van der Waals surface area contributed by atoms with Crippen LogP contribution in [0, 0.1) is 0 Å². The van der Waals surface area contributed by atoms with Gasteiger partial charge in [-0.2, -0.15) is 0 Å². The molecule has 4 nitrogen and oxygen atoms in total. The van der Waals surface area contributed by atoms with Crippen LogP contribution in [0.3, 0.4) is 0 Å². The topological polar surface area (TPSA) is 41.6 Å². The van der Waals surface area contributed by atoms with Crippen LogP contribution in [0.2, 0.25) is 0 Å². The zero-order valence-corrected chi connectivity index (χ0v) is 14.2. The summed E-state index contributed by atoms with van der Waals surface area (Å²) in [6.45, 7) is 9.42. The lowest BCUT2D eigenvalue weighted by Crippen LogP contribution is -2.49. The van der Waals surface area contributed by atoms with Crippen LogP contribution < -0.4 is 5.32 Å². The Hall–Kier alpha value is -1.07. The molecule has 0 spiro atoms. The monoisotopic (exact) mass is 310 g/mol. The Morgan fingerprint density at radius 2 is 2.29 bits per heavy atom. The summed E-state index contributed by atoms with van der Waals surface area (Å²) in [6.07, 6.45) is 1.93. The highest BCUT2D eigenvalue weighted by atomic mass is 32.1. The Bertz CT molecular complexity index is 453. The molecule has 1 aliphatic rings. The van der Waals surface area contributed by atoms with Gasteiger partial charge in [0.05, 0.1) is 0 Å². The molecule has 1 aromatic rings. The van der Waals surface area contributed by atoms with Gasteiger partial charge < -0.3 is 15.0 Å². The predicted octanol–water partition coefficient (Wildman–Crippen LogP) is 3.80. The third kappa shape index (κ3) is 5.00. The van der Waals surface area contributed by atoms with Crippen molar-refractivity contribution in [1.82, 2.24) is 10.2 Å². The number of piperidine rings is 1. The number of rotatable bonds is 3. The van der Waals surface area contributed by atoms with Crippen LogP contribution in [0.4, 0.5) is 4.79 Å². The summed E-state index contributed by atoms with van der Waals surface area (Å²) < 4.78 is 5.46. The number of hydrogen-bond donors (Lipinski definition) is 1. The minimum Gasteiger partial charge on any atom is -0.444 e. The van der Waals surface area contributed by atoms with Gasteiger partial charge in [-0.15, -0.1) is 11.3 Å². The minimum absolute atomic E-state index is 0.197. The van der Waals surface area contributed by atoms with E-state index in [-0.39, 0.29) is 6.09 Å². The predicted molar refractivity (Wildman–Crippen MR) is 86.7 cm³/mol. The number of thiophene rings is 1. The minimum atomic E-state index is -0.429. The Labute approximate surface area is 131 Å². The molecule has 1 saturated heterocycles. The maximum Gasteiger partial charge on any atom is 0.410 e. The zero-order valence-electron chi connectivity index (χ0n) is 13.4. The van der Waals surface area contributed by atoms with Crippen LogP contribution in [0.15, 0.2) is 17.5 Å². The maximum atomic E-state index is 12.2. The molecule has 0 aromatic carbocycles. The zero-order chi connectivity index (χ0) is 15.5. The molecular weight excluding hydrogens is 284 g/mol. The SMILES string of the molecule is C[C@@H](NC1CCCN(C(=O)OC(C)(C)C)C1)c1cccs1. The summed E-state index contributed by atoms with van der Waals surface area (Å²) in [5, 5.41) is 5.73. The molecule has 2 atom stereocenters. The highest BCUT2D eigenvalue weighted by Crippen LogP contribution is 2.21. The van der Waals surface area contributed by atoms with Crippen molar-refractivity contribution >= 4 is 17.4 Å². The van der Waals surface area contributed by atoms with E-state index in [1.165, 1.54) is 4.88 Å². The van der Waals surface area contributed by atoms with Crippen molar-refractivity contribution in [1.29, 1.82) is 0 Å². The number of ether oxygens (including phenoxy) is 1. The summed E-state index contributed by atoms with van der Waals surface area (Å²) in [7, 11) is 0. The Balaban J connectivity index is 1.87. The first kappa shape index (κ1) is 16.3. The Morgan fingerprint density at radius 3 is 2.90 bits per heavy atom. The molecule has 0 radical (unpaired) electrons. The first-order valence-corrected chi connectivity index (χ1v) is 8.50. The van der Waals surface area contributed by atoms with Crippen LogP contribution >= 0.6 is 11.3 Å². The summed E-state index contributed by atoms with van der Waals surface area (Å²) in [5.41, 5.74) is -0.429. The number of carbonyl (C=O) groups is 1. The van der Waals surface area contributed by atoms with Gasteiger partial charge in [-0.05, 0) is 52.0 Å². The number of carbonyl (C=O) groups excluding carboxylic acids is 1. The molecule has 118 valence electrons. The third-order valence-corrected chi connectivity index (χ3v) is 4.58. The standard InChI is InChI=1S/C16H26N2O2S/c1-12(14-8-6-10-21-14)17-13-7-5-9-18(11-13)15(19)20-16(2,3)4/h6,8,10,12-13,17H,5,7,9,11H2,1-4H3/t12-,13?/m1/s1. The summed E-state index contributed by atoms with van der Waals surface area (Å²) in [6, 6.07) is 4.89. The van der Waals surface area contributed by atoms with Crippen LogP contribution in [-0.2, 0) is 4.74 Å². The fraction of sp³-hybridized carbons (Fsp3) is 0.688. The molecule has 0 saturated carbocycles. The normalized spacial score (nSPS) is 21.1.